The summed E-state index contributed by atoms with van der Waals surface area (Å²) in [7, 11) is 0. The zero-order valence-corrected chi connectivity index (χ0v) is 16.5. The molecule has 0 aromatic carbocycles. The maximum Gasteiger partial charge on any atom is 0.319 e. The summed E-state index contributed by atoms with van der Waals surface area (Å²) in [6.07, 6.45) is 5.00. The second-order valence-electron chi connectivity index (χ2n) is 6.34. The van der Waals surface area contributed by atoms with E-state index >= 15 is 0 Å². The molecule has 7 heteroatoms. The van der Waals surface area contributed by atoms with Crippen LogP contribution in [0.15, 0.2) is 11.4 Å². The van der Waals surface area contributed by atoms with Crippen molar-refractivity contribution in [2.75, 3.05) is 19.8 Å². The lowest BCUT2D eigenvalue weighted by molar-refractivity contribution is -0.144. The van der Waals surface area contributed by atoms with Crippen LogP contribution in [0.3, 0.4) is 0 Å². The molecule has 0 aliphatic heterocycles. The summed E-state index contributed by atoms with van der Waals surface area (Å²) in [5, 5.41) is 1.73. The third-order valence-electron chi connectivity index (χ3n) is 4.35. The second kappa shape index (κ2) is 8.47. The SMILES string of the molecule is CCOCCOC(=O)[C@H](C)Sc1ncnc2sc3c(c12)CC[C@H](C)C3. The molecule has 3 rings (SSSR count). The van der Waals surface area contributed by atoms with E-state index in [0.29, 0.717) is 19.8 Å². The average molecular weight is 381 g/mol. The zero-order chi connectivity index (χ0) is 17.8. The number of aryl methyl sites for hydroxylation is 1. The Morgan fingerprint density at radius 3 is 3.08 bits per heavy atom. The van der Waals surface area contributed by atoms with Gasteiger partial charge in [-0.3, -0.25) is 4.79 Å². The first-order chi connectivity index (χ1) is 12.1. The summed E-state index contributed by atoms with van der Waals surface area (Å²) in [4.78, 5) is 23.6. The average Bonchev–Trinajstić information content (AvgIpc) is 2.96. The van der Waals surface area contributed by atoms with E-state index in [4.69, 9.17) is 9.47 Å². The first kappa shape index (κ1) is 18.6. The summed E-state index contributed by atoms with van der Waals surface area (Å²) in [6.45, 7) is 7.44. The van der Waals surface area contributed by atoms with Crippen LogP contribution in [0.4, 0.5) is 0 Å². The van der Waals surface area contributed by atoms with Crippen LogP contribution >= 0.6 is 23.1 Å². The third-order valence-corrected chi connectivity index (χ3v) is 6.59. The van der Waals surface area contributed by atoms with Crippen LogP contribution in [0.25, 0.3) is 10.2 Å². The monoisotopic (exact) mass is 380 g/mol. The number of thiophene rings is 1. The van der Waals surface area contributed by atoms with Gasteiger partial charge in [0.05, 0.1) is 6.61 Å². The highest BCUT2D eigenvalue weighted by atomic mass is 32.2. The number of aromatic nitrogens is 2. The van der Waals surface area contributed by atoms with Crippen molar-refractivity contribution in [1.82, 2.24) is 9.97 Å². The normalized spacial score (nSPS) is 18.1. The van der Waals surface area contributed by atoms with Crippen molar-refractivity contribution >= 4 is 39.3 Å². The van der Waals surface area contributed by atoms with Gasteiger partial charge < -0.3 is 9.47 Å². The summed E-state index contributed by atoms with van der Waals surface area (Å²) < 4.78 is 10.5. The minimum absolute atomic E-state index is 0.228. The lowest BCUT2D eigenvalue weighted by Gasteiger charge is -2.18. The number of nitrogens with zero attached hydrogens (tertiary/aromatic N) is 2. The molecule has 2 heterocycles. The van der Waals surface area contributed by atoms with E-state index in [2.05, 4.69) is 16.9 Å². The molecule has 0 saturated carbocycles. The number of carbonyl (C=O) groups is 1. The molecule has 1 aliphatic carbocycles. The van der Waals surface area contributed by atoms with Gasteiger partial charge in [-0.15, -0.1) is 11.3 Å². The summed E-state index contributed by atoms with van der Waals surface area (Å²) in [5.41, 5.74) is 1.39. The van der Waals surface area contributed by atoms with E-state index < -0.39 is 0 Å². The lowest BCUT2D eigenvalue weighted by Crippen LogP contribution is -2.19. The van der Waals surface area contributed by atoms with Crippen LogP contribution in [-0.2, 0) is 27.1 Å². The molecule has 25 heavy (non-hydrogen) atoms. The van der Waals surface area contributed by atoms with Gasteiger partial charge in [0.1, 0.15) is 28.0 Å². The van der Waals surface area contributed by atoms with Gasteiger partial charge in [-0.25, -0.2) is 9.97 Å². The molecule has 136 valence electrons. The number of carbonyl (C=O) groups excluding carboxylic acids is 1. The Balaban J connectivity index is 1.74. The third kappa shape index (κ3) is 4.33. The topological polar surface area (TPSA) is 61.3 Å². The van der Waals surface area contributed by atoms with Gasteiger partial charge in [-0.1, -0.05) is 18.7 Å². The van der Waals surface area contributed by atoms with E-state index in [1.165, 1.54) is 28.6 Å². The van der Waals surface area contributed by atoms with Crippen molar-refractivity contribution in [1.29, 1.82) is 0 Å². The predicted octanol–water partition coefficient (Wildman–Crippen LogP) is 3.88. The van der Waals surface area contributed by atoms with Crippen LogP contribution in [0.5, 0.6) is 0 Å². The van der Waals surface area contributed by atoms with E-state index in [-0.39, 0.29) is 11.2 Å². The van der Waals surface area contributed by atoms with E-state index in [9.17, 15) is 4.79 Å². The predicted molar refractivity (Wildman–Crippen MR) is 101 cm³/mol. The highest BCUT2D eigenvalue weighted by Crippen LogP contribution is 2.41. The maximum absolute atomic E-state index is 12.2. The fourth-order valence-electron chi connectivity index (χ4n) is 3.01. The Labute approximate surface area is 156 Å². The van der Waals surface area contributed by atoms with Gasteiger partial charge in [-0.2, -0.15) is 0 Å². The Morgan fingerprint density at radius 2 is 2.28 bits per heavy atom. The molecular formula is C18H24N2O3S2. The Morgan fingerprint density at radius 1 is 1.44 bits per heavy atom. The molecule has 2 aromatic rings. The quantitative estimate of drug-likeness (QED) is 0.314. The molecule has 0 fully saturated rings. The van der Waals surface area contributed by atoms with Crippen molar-refractivity contribution in [3.05, 3.63) is 16.8 Å². The number of rotatable bonds is 7. The summed E-state index contributed by atoms with van der Waals surface area (Å²) in [5.74, 6) is 0.498. The highest BCUT2D eigenvalue weighted by molar-refractivity contribution is 8.00. The molecular weight excluding hydrogens is 356 g/mol. The molecule has 2 atom stereocenters. The number of ether oxygens (including phenoxy) is 2. The van der Waals surface area contributed by atoms with Crippen molar-refractivity contribution in [2.24, 2.45) is 5.92 Å². The van der Waals surface area contributed by atoms with Crippen LogP contribution in [-0.4, -0.2) is 41.0 Å². The van der Waals surface area contributed by atoms with Crippen LogP contribution in [0, 0.1) is 5.92 Å². The Bertz CT molecular complexity index is 747. The van der Waals surface area contributed by atoms with Gasteiger partial charge in [0.2, 0.25) is 0 Å². The van der Waals surface area contributed by atoms with Crippen LogP contribution < -0.4 is 0 Å². The second-order valence-corrected chi connectivity index (χ2v) is 8.75. The highest BCUT2D eigenvalue weighted by Gasteiger charge is 2.25. The number of fused-ring (bicyclic) bond motifs is 3. The van der Waals surface area contributed by atoms with E-state index in [0.717, 1.165) is 34.0 Å². The summed E-state index contributed by atoms with van der Waals surface area (Å²) >= 11 is 3.24. The first-order valence-electron chi connectivity index (χ1n) is 8.76. The molecule has 1 aliphatic rings. The first-order valence-corrected chi connectivity index (χ1v) is 10.5. The molecule has 2 aromatic heterocycles. The standard InChI is InChI=1S/C18H24N2O3S2/c1-4-22-7-8-23-18(21)12(3)24-16-15-13-6-5-11(2)9-14(13)25-17(15)20-10-19-16/h10-12H,4-9H2,1-3H3/t11-,12-/m0/s1. The number of hydrogen-bond donors (Lipinski definition) is 0. The number of thioether (sulfide) groups is 1. The molecule has 0 amide bonds. The zero-order valence-electron chi connectivity index (χ0n) is 14.9. The smallest absolute Gasteiger partial charge is 0.319 e. The van der Waals surface area contributed by atoms with Crippen molar-refractivity contribution in [3.8, 4) is 0 Å². The van der Waals surface area contributed by atoms with Crippen LogP contribution in [0.1, 0.15) is 37.6 Å². The number of hydrogen-bond acceptors (Lipinski definition) is 7. The minimum atomic E-state index is -0.308. The van der Waals surface area contributed by atoms with E-state index in [1.54, 1.807) is 17.7 Å². The van der Waals surface area contributed by atoms with Gasteiger partial charge in [0.15, 0.2) is 0 Å². The maximum atomic E-state index is 12.2. The minimum Gasteiger partial charge on any atom is -0.462 e. The van der Waals surface area contributed by atoms with Gasteiger partial charge in [-0.05, 0) is 44.6 Å². The largest absolute Gasteiger partial charge is 0.462 e. The van der Waals surface area contributed by atoms with Gasteiger partial charge in [0.25, 0.3) is 0 Å². The molecule has 0 N–H and O–H groups in total. The van der Waals surface area contributed by atoms with Gasteiger partial charge in [0, 0.05) is 16.9 Å². The fourth-order valence-corrected chi connectivity index (χ4v) is 5.37. The van der Waals surface area contributed by atoms with Crippen molar-refractivity contribution < 1.29 is 14.3 Å². The molecule has 5 nitrogen and oxygen atoms in total. The molecule has 0 unspecified atom stereocenters. The van der Waals surface area contributed by atoms with Crippen LogP contribution in [0.2, 0.25) is 0 Å². The summed E-state index contributed by atoms with van der Waals surface area (Å²) in [6, 6.07) is 0. The van der Waals surface area contributed by atoms with Crippen molar-refractivity contribution in [3.63, 3.8) is 0 Å². The molecule has 0 saturated heterocycles. The molecule has 0 spiro atoms. The van der Waals surface area contributed by atoms with Gasteiger partial charge >= 0.3 is 5.97 Å². The van der Waals surface area contributed by atoms with E-state index in [1.807, 2.05) is 13.8 Å². The molecule has 0 radical (unpaired) electrons. The fraction of sp³-hybridized carbons (Fsp3) is 0.611. The molecule has 0 bridgehead atoms. The Hall–Kier alpha value is -1.18. The lowest BCUT2D eigenvalue weighted by atomic mass is 9.89. The number of esters is 1. The Kier molecular flexibility index (Phi) is 6.30. The van der Waals surface area contributed by atoms with Crippen molar-refractivity contribution in [2.45, 2.75) is 50.3 Å².